The van der Waals surface area contributed by atoms with E-state index in [2.05, 4.69) is 24.1 Å². The number of carbonyl (C=O) groups is 1. The Morgan fingerprint density at radius 1 is 1.23 bits per heavy atom. The average Bonchev–Trinajstić information content (AvgIpc) is 3.25. The smallest absolute Gasteiger partial charge is 0.262 e. The lowest BCUT2D eigenvalue weighted by Crippen LogP contribution is -2.16. The van der Waals surface area contributed by atoms with Gasteiger partial charge in [0.1, 0.15) is 23.0 Å². The number of anilines is 1. The number of amides is 1. The van der Waals surface area contributed by atoms with Crippen molar-refractivity contribution in [2.75, 3.05) is 5.32 Å². The monoisotopic (exact) mass is 445 g/mol. The van der Waals surface area contributed by atoms with E-state index >= 15 is 0 Å². The minimum absolute atomic E-state index is 0.219. The topological polar surface area (TPSA) is 46.9 Å². The van der Waals surface area contributed by atoms with Gasteiger partial charge in [-0.15, -0.1) is 11.3 Å². The number of hydrogen-bond acceptors (Lipinski definition) is 3. The van der Waals surface area contributed by atoms with Crippen LogP contribution in [-0.2, 0) is 6.42 Å². The zero-order chi connectivity index (χ0) is 21.4. The maximum atomic E-state index is 13.9. The fourth-order valence-electron chi connectivity index (χ4n) is 3.36. The Balaban J connectivity index is 1.68. The van der Waals surface area contributed by atoms with Crippen molar-refractivity contribution in [1.82, 2.24) is 9.55 Å². The summed E-state index contributed by atoms with van der Waals surface area (Å²) in [7, 11) is 0. The number of fused-ring (bicyclic) bond motifs is 1. The molecule has 0 aliphatic heterocycles. The van der Waals surface area contributed by atoms with Gasteiger partial charge in [-0.25, -0.2) is 13.8 Å². The van der Waals surface area contributed by atoms with Crippen LogP contribution in [0.4, 0.5) is 14.6 Å². The molecule has 4 rings (SSSR count). The number of rotatable bonds is 5. The van der Waals surface area contributed by atoms with Crippen LogP contribution in [-0.4, -0.2) is 15.5 Å². The fourth-order valence-corrected chi connectivity index (χ4v) is 4.27. The molecule has 1 N–H and O–H groups in total. The van der Waals surface area contributed by atoms with E-state index in [-0.39, 0.29) is 5.82 Å². The van der Waals surface area contributed by atoms with Gasteiger partial charge in [-0.3, -0.25) is 9.36 Å². The quantitative estimate of drug-likeness (QED) is 0.382. The molecule has 2 aromatic carbocycles. The van der Waals surface area contributed by atoms with Crippen molar-refractivity contribution in [2.45, 2.75) is 20.3 Å². The van der Waals surface area contributed by atoms with E-state index < -0.39 is 23.1 Å². The molecule has 2 heterocycles. The maximum absolute atomic E-state index is 13.9. The molecule has 0 saturated carbocycles. The van der Waals surface area contributed by atoms with Crippen LogP contribution in [0.1, 0.15) is 29.8 Å². The van der Waals surface area contributed by atoms with Gasteiger partial charge in [0.2, 0.25) is 0 Å². The Bertz CT molecular complexity index is 1230. The molecule has 0 atom stereocenters. The number of nitrogens with zero attached hydrogens (tertiary/aromatic N) is 2. The van der Waals surface area contributed by atoms with Gasteiger partial charge in [0.15, 0.2) is 5.13 Å². The molecular formula is C22H18ClF2N3OS. The molecule has 2 aromatic heterocycles. The van der Waals surface area contributed by atoms with Crippen molar-refractivity contribution in [1.29, 1.82) is 0 Å². The predicted molar refractivity (Wildman–Crippen MR) is 117 cm³/mol. The molecule has 0 unspecified atom stereocenters. The van der Waals surface area contributed by atoms with E-state index in [0.29, 0.717) is 16.1 Å². The summed E-state index contributed by atoms with van der Waals surface area (Å²) >= 11 is 7.51. The molecule has 8 heteroatoms. The highest BCUT2D eigenvalue weighted by atomic mass is 35.5. The molecule has 0 aliphatic rings. The summed E-state index contributed by atoms with van der Waals surface area (Å²) in [5.41, 5.74) is 1.45. The third-order valence-corrected chi connectivity index (χ3v) is 5.68. The van der Waals surface area contributed by atoms with Gasteiger partial charge < -0.3 is 5.32 Å². The zero-order valence-corrected chi connectivity index (χ0v) is 17.8. The lowest BCUT2D eigenvalue weighted by molar-refractivity contribution is 0.101. The van der Waals surface area contributed by atoms with Gasteiger partial charge >= 0.3 is 0 Å². The molecule has 0 bridgehead atoms. The Morgan fingerprint density at radius 3 is 2.67 bits per heavy atom. The highest BCUT2D eigenvalue weighted by Crippen LogP contribution is 2.31. The summed E-state index contributed by atoms with van der Waals surface area (Å²) in [4.78, 5) is 16.8. The van der Waals surface area contributed by atoms with Crippen LogP contribution >= 0.6 is 22.9 Å². The lowest BCUT2D eigenvalue weighted by Gasteiger charge is -2.04. The predicted octanol–water partition coefficient (Wildman–Crippen LogP) is 6.47. The Kier molecular flexibility index (Phi) is 5.58. The first-order chi connectivity index (χ1) is 14.3. The van der Waals surface area contributed by atoms with E-state index in [1.165, 1.54) is 23.0 Å². The average molecular weight is 446 g/mol. The van der Waals surface area contributed by atoms with Crippen LogP contribution in [0.2, 0.25) is 5.02 Å². The second-order valence-electron chi connectivity index (χ2n) is 7.35. The number of aromatic nitrogens is 2. The largest absolute Gasteiger partial charge is 0.306 e. The van der Waals surface area contributed by atoms with Gasteiger partial charge in [-0.05, 0) is 42.2 Å². The molecular weight excluding hydrogens is 428 g/mol. The summed E-state index contributed by atoms with van der Waals surface area (Å²) < 4.78 is 29.6. The molecule has 0 radical (unpaired) electrons. The van der Waals surface area contributed by atoms with Crippen LogP contribution in [0.3, 0.4) is 0 Å². The first-order valence-electron chi connectivity index (χ1n) is 9.34. The lowest BCUT2D eigenvalue weighted by atomic mass is 10.0. The molecule has 4 aromatic rings. The Morgan fingerprint density at radius 2 is 1.97 bits per heavy atom. The third kappa shape index (κ3) is 3.95. The molecule has 30 heavy (non-hydrogen) atoms. The minimum Gasteiger partial charge on any atom is -0.306 e. The molecule has 0 fully saturated rings. The second kappa shape index (κ2) is 8.16. The van der Waals surface area contributed by atoms with Crippen molar-refractivity contribution in [2.24, 2.45) is 5.92 Å². The second-order valence-corrected chi connectivity index (χ2v) is 8.62. The maximum Gasteiger partial charge on any atom is 0.262 e. The molecule has 1 amide bonds. The summed E-state index contributed by atoms with van der Waals surface area (Å²) in [5, 5.41) is 6.41. The summed E-state index contributed by atoms with van der Waals surface area (Å²) in [5.74, 6) is -2.04. The molecule has 0 spiro atoms. The summed E-state index contributed by atoms with van der Waals surface area (Å²) in [6.45, 7) is 4.30. The fraction of sp³-hybridized carbons (Fsp3) is 0.182. The third-order valence-electron chi connectivity index (χ3n) is 4.61. The SMILES string of the molecule is CC(C)Cc1cn(-c2nc(NC(=O)c3c(F)cccc3F)cs2)c2cc(Cl)ccc12. The van der Waals surface area contributed by atoms with E-state index in [4.69, 9.17) is 11.6 Å². The minimum atomic E-state index is -0.924. The van der Waals surface area contributed by atoms with Gasteiger partial charge in [0, 0.05) is 22.0 Å². The standard InChI is InChI=1S/C22H18ClF2N3OS/c1-12(2)8-13-10-28(18-9-14(23)6-7-15(13)18)22-27-19(11-30-22)26-21(29)20-16(24)4-3-5-17(20)25/h3-7,9-12H,8H2,1-2H3,(H,26,29). The highest BCUT2D eigenvalue weighted by molar-refractivity contribution is 7.12. The number of hydrogen-bond donors (Lipinski definition) is 1. The normalized spacial score (nSPS) is 11.4. The summed E-state index contributed by atoms with van der Waals surface area (Å²) in [6, 6.07) is 9.00. The van der Waals surface area contributed by atoms with Crippen molar-refractivity contribution in [3.63, 3.8) is 0 Å². The number of nitrogens with one attached hydrogen (secondary N) is 1. The van der Waals surface area contributed by atoms with Gasteiger partial charge in [-0.1, -0.05) is 37.6 Å². The van der Waals surface area contributed by atoms with Gasteiger partial charge in [0.25, 0.3) is 5.91 Å². The van der Waals surface area contributed by atoms with Crippen molar-refractivity contribution < 1.29 is 13.6 Å². The molecule has 0 aliphatic carbocycles. The van der Waals surface area contributed by atoms with Crippen LogP contribution < -0.4 is 5.32 Å². The van der Waals surface area contributed by atoms with E-state index in [0.717, 1.165) is 29.5 Å². The first kappa shape index (κ1) is 20.5. The van der Waals surface area contributed by atoms with Crippen molar-refractivity contribution in [3.8, 4) is 5.13 Å². The number of thiazole rings is 1. The first-order valence-corrected chi connectivity index (χ1v) is 10.6. The van der Waals surface area contributed by atoms with Crippen LogP contribution in [0, 0.1) is 17.6 Å². The highest BCUT2D eigenvalue weighted by Gasteiger charge is 2.19. The number of carbonyl (C=O) groups excluding carboxylic acids is 1. The van der Waals surface area contributed by atoms with Crippen molar-refractivity contribution >= 4 is 45.6 Å². The number of benzene rings is 2. The van der Waals surface area contributed by atoms with E-state index in [1.54, 1.807) is 5.38 Å². The molecule has 154 valence electrons. The van der Waals surface area contributed by atoms with Crippen LogP contribution in [0.15, 0.2) is 48.0 Å². The summed E-state index contributed by atoms with van der Waals surface area (Å²) in [6.07, 6.45) is 2.91. The van der Waals surface area contributed by atoms with E-state index in [9.17, 15) is 13.6 Å². The number of halogens is 3. The van der Waals surface area contributed by atoms with Crippen LogP contribution in [0.25, 0.3) is 16.0 Å². The molecule has 0 saturated heterocycles. The van der Waals surface area contributed by atoms with E-state index in [1.807, 2.05) is 29.0 Å². The zero-order valence-electron chi connectivity index (χ0n) is 16.2. The van der Waals surface area contributed by atoms with Crippen molar-refractivity contribution in [3.05, 3.63) is 75.8 Å². The Labute approximate surface area is 181 Å². The Hall–Kier alpha value is -2.77. The van der Waals surface area contributed by atoms with Gasteiger partial charge in [-0.2, -0.15) is 0 Å². The van der Waals surface area contributed by atoms with Gasteiger partial charge in [0.05, 0.1) is 5.52 Å². The molecule has 4 nitrogen and oxygen atoms in total. The van der Waals surface area contributed by atoms with Crippen LogP contribution in [0.5, 0.6) is 0 Å².